The molecule has 1 aliphatic rings. The molecule has 10 heavy (non-hydrogen) atoms. The molecule has 0 spiro atoms. The summed E-state index contributed by atoms with van der Waals surface area (Å²) in [6.45, 7) is 1.86. The highest BCUT2D eigenvalue weighted by molar-refractivity contribution is 4.74. The summed E-state index contributed by atoms with van der Waals surface area (Å²) >= 11 is 0. The zero-order chi connectivity index (χ0) is 7.78. The van der Waals surface area contributed by atoms with Gasteiger partial charge in [0.15, 0.2) is 0 Å². The van der Waals surface area contributed by atoms with Gasteiger partial charge in [-0.2, -0.15) is 13.2 Å². The summed E-state index contributed by atoms with van der Waals surface area (Å²) in [5.74, 6) is 0. The smallest absolute Gasteiger partial charge is 0.350 e. The molecule has 2 unspecified atom stereocenters. The quantitative estimate of drug-likeness (QED) is 0.560. The SMILES string of the molecule is CC1CNC(C(F)(F)F)O1. The standard InChI is InChI=1S/C5H8F3NO/c1-3-2-9-4(10-3)5(6,7)8/h3-4,9H,2H2,1H3. The van der Waals surface area contributed by atoms with Gasteiger partial charge >= 0.3 is 6.18 Å². The summed E-state index contributed by atoms with van der Waals surface area (Å²) in [4.78, 5) is 0. The molecule has 5 heteroatoms. The third-order valence-corrected chi connectivity index (χ3v) is 1.26. The molecule has 0 aliphatic carbocycles. The van der Waals surface area contributed by atoms with Gasteiger partial charge in [-0.3, -0.25) is 5.32 Å². The average Bonchev–Trinajstić information content (AvgIpc) is 2.11. The first-order valence-corrected chi connectivity index (χ1v) is 2.95. The number of alkyl halides is 3. The van der Waals surface area contributed by atoms with E-state index in [2.05, 4.69) is 10.1 Å². The highest BCUT2D eigenvalue weighted by atomic mass is 19.4. The number of rotatable bonds is 0. The summed E-state index contributed by atoms with van der Waals surface area (Å²) in [7, 11) is 0. The van der Waals surface area contributed by atoms with E-state index < -0.39 is 12.4 Å². The molecule has 60 valence electrons. The Labute approximate surface area is 56.4 Å². The van der Waals surface area contributed by atoms with E-state index >= 15 is 0 Å². The Morgan fingerprint density at radius 1 is 1.50 bits per heavy atom. The van der Waals surface area contributed by atoms with E-state index in [1.54, 1.807) is 6.92 Å². The molecule has 0 aromatic carbocycles. The van der Waals surface area contributed by atoms with Crippen LogP contribution in [0.1, 0.15) is 6.92 Å². The fraction of sp³-hybridized carbons (Fsp3) is 1.00. The second kappa shape index (κ2) is 2.39. The summed E-state index contributed by atoms with van der Waals surface area (Å²) in [6.07, 6.45) is -6.38. The topological polar surface area (TPSA) is 21.3 Å². The maximum atomic E-state index is 11.7. The van der Waals surface area contributed by atoms with Gasteiger partial charge in [0.05, 0.1) is 6.10 Å². The monoisotopic (exact) mass is 155 g/mol. The normalized spacial score (nSPS) is 34.8. The van der Waals surface area contributed by atoms with Crippen LogP contribution in [0.4, 0.5) is 13.2 Å². The largest absolute Gasteiger partial charge is 0.428 e. The van der Waals surface area contributed by atoms with Crippen molar-refractivity contribution in [3.8, 4) is 0 Å². The van der Waals surface area contributed by atoms with Crippen molar-refractivity contribution >= 4 is 0 Å². The summed E-state index contributed by atoms with van der Waals surface area (Å²) < 4.78 is 39.7. The van der Waals surface area contributed by atoms with Gasteiger partial charge in [0.25, 0.3) is 0 Å². The lowest BCUT2D eigenvalue weighted by Crippen LogP contribution is -2.38. The Kier molecular flexibility index (Phi) is 1.87. The van der Waals surface area contributed by atoms with Gasteiger partial charge in [-0.1, -0.05) is 0 Å². The summed E-state index contributed by atoms with van der Waals surface area (Å²) in [5.41, 5.74) is 0. The van der Waals surface area contributed by atoms with Crippen molar-refractivity contribution in [2.24, 2.45) is 0 Å². The minimum atomic E-state index is -4.27. The van der Waals surface area contributed by atoms with E-state index in [-0.39, 0.29) is 12.6 Å². The molecule has 1 aliphatic heterocycles. The van der Waals surface area contributed by atoms with Crippen LogP contribution >= 0.6 is 0 Å². The van der Waals surface area contributed by atoms with Gasteiger partial charge < -0.3 is 4.74 Å². The molecule has 0 radical (unpaired) electrons. The van der Waals surface area contributed by atoms with E-state index in [9.17, 15) is 13.2 Å². The van der Waals surface area contributed by atoms with Crippen LogP contribution in [0.15, 0.2) is 0 Å². The van der Waals surface area contributed by atoms with E-state index in [1.807, 2.05) is 0 Å². The Hall–Kier alpha value is -0.290. The number of hydrogen-bond acceptors (Lipinski definition) is 2. The second-order valence-electron chi connectivity index (χ2n) is 2.28. The Morgan fingerprint density at radius 3 is 2.30 bits per heavy atom. The molecule has 0 aromatic heterocycles. The molecule has 2 atom stereocenters. The summed E-state index contributed by atoms with van der Waals surface area (Å²) in [5, 5.41) is 2.20. The third kappa shape index (κ3) is 1.60. The van der Waals surface area contributed by atoms with Gasteiger partial charge in [0.2, 0.25) is 6.23 Å². The van der Waals surface area contributed by atoms with Crippen LogP contribution in [-0.2, 0) is 4.74 Å². The predicted octanol–water partition coefficient (Wildman–Crippen LogP) is 0.883. The minimum absolute atomic E-state index is 0.268. The van der Waals surface area contributed by atoms with Crippen LogP contribution in [-0.4, -0.2) is 25.1 Å². The lowest BCUT2D eigenvalue weighted by Gasteiger charge is -2.13. The van der Waals surface area contributed by atoms with Crippen molar-refractivity contribution in [3.63, 3.8) is 0 Å². The summed E-state index contributed by atoms with van der Waals surface area (Å²) in [6, 6.07) is 0. The fourth-order valence-corrected chi connectivity index (χ4v) is 0.794. The van der Waals surface area contributed by atoms with E-state index in [4.69, 9.17) is 0 Å². The number of halogens is 3. The number of hydrogen-bond donors (Lipinski definition) is 1. The Morgan fingerprint density at radius 2 is 2.10 bits per heavy atom. The van der Waals surface area contributed by atoms with Crippen LogP contribution in [0.3, 0.4) is 0 Å². The first-order chi connectivity index (χ1) is 4.50. The van der Waals surface area contributed by atoms with Gasteiger partial charge in [0.1, 0.15) is 0 Å². The van der Waals surface area contributed by atoms with E-state index in [0.717, 1.165) is 0 Å². The Balaban J connectivity index is 2.45. The van der Waals surface area contributed by atoms with Crippen molar-refractivity contribution in [1.29, 1.82) is 0 Å². The van der Waals surface area contributed by atoms with Crippen molar-refractivity contribution in [2.45, 2.75) is 25.4 Å². The molecule has 1 saturated heterocycles. The highest BCUT2D eigenvalue weighted by Gasteiger charge is 2.44. The molecular formula is C5H8F3NO. The van der Waals surface area contributed by atoms with Crippen LogP contribution < -0.4 is 5.32 Å². The predicted molar refractivity (Wildman–Crippen MR) is 28.4 cm³/mol. The zero-order valence-corrected chi connectivity index (χ0v) is 5.40. The molecule has 0 saturated carbocycles. The molecular weight excluding hydrogens is 147 g/mol. The van der Waals surface area contributed by atoms with Crippen LogP contribution in [0, 0.1) is 0 Å². The molecule has 1 N–H and O–H groups in total. The van der Waals surface area contributed by atoms with Gasteiger partial charge in [-0.15, -0.1) is 0 Å². The van der Waals surface area contributed by atoms with Crippen LogP contribution in [0.5, 0.6) is 0 Å². The first-order valence-electron chi connectivity index (χ1n) is 2.95. The Bertz CT molecular complexity index is 125. The maximum absolute atomic E-state index is 11.7. The van der Waals surface area contributed by atoms with Gasteiger partial charge in [0, 0.05) is 6.54 Å². The number of ether oxygens (including phenoxy) is 1. The van der Waals surface area contributed by atoms with Crippen LogP contribution in [0.25, 0.3) is 0 Å². The highest BCUT2D eigenvalue weighted by Crippen LogP contribution is 2.24. The molecule has 0 bridgehead atoms. The molecule has 0 aromatic rings. The zero-order valence-electron chi connectivity index (χ0n) is 5.40. The number of nitrogens with one attached hydrogen (secondary N) is 1. The van der Waals surface area contributed by atoms with E-state index in [1.165, 1.54) is 0 Å². The van der Waals surface area contributed by atoms with Crippen molar-refractivity contribution < 1.29 is 17.9 Å². The minimum Gasteiger partial charge on any atom is -0.350 e. The maximum Gasteiger partial charge on any atom is 0.428 e. The molecule has 1 heterocycles. The lowest BCUT2D eigenvalue weighted by atomic mass is 10.4. The van der Waals surface area contributed by atoms with Crippen molar-refractivity contribution in [2.75, 3.05) is 6.54 Å². The third-order valence-electron chi connectivity index (χ3n) is 1.26. The van der Waals surface area contributed by atoms with Crippen LogP contribution in [0.2, 0.25) is 0 Å². The first kappa shape index (κ1) is 7.81. The lowest BCUT2D eigenvalue weighted by molar-refractivity contribution is -0.219. The fourth-order valence-electron chi connectivity index (χ4n) is 0.794. The van der Waals surface area contributed by atoms with Gasteiger partial charge in [-0.05, 0) is 6.92 Å². The molecule has 1 fully saturated rings. The van der Waals surface area contributed by atoms with Crippen molar-refractivity contribution in [3.05, 3.63) is 0 Å². The molecule has 0 amide bonds. The van der Waals surface area contributed by atoms with E-state index in [0.29, 0.717) is 0 Å². The molecule has 1 rings (SSSR count). The molecule has 2 nitrogen and oxygen atoms in total. The second-order valence-corrected chi connectivity index (χ2v) is 2.28. The average molecular weight is 155 g/mol. The van der Waals surface area contributed by atoms with Gasteiger partial charge in [-0.25, -0.2) is 0 Å². The van der Waals surface area contributed by atoms with Crippen molar-refractivity contribution in [1.82, 2.24) is 5.32 Å².